The maximum Gasteiger partial charge on any atom is 0.341 e. The fourth-order valence-electron chi connectivity index (χ4n) is 3.39. The molecule has 0 fully saturated rings. The zero-order valence-electron chi connectivity index (χ0n) is 18.9. The van der Waals surface area contributed by atoms with Gasteiger partial charge in [0.1, 0.15) is 11.3 Å². The molecule has 0 aliphatic rings. The van der Waals surface area contributed by atoms with E-state index in [1.54, 1.807) is 18.7 Å². The monoisotopic (exact) mass is 467 g/mol. The summed E-state index contributed by atoms with van der Waals surface area (Å²) in [6, 6.07) is 9.60. The van der Waals surface area contributed by atoms with Gasteiger partial charge in [0.2, 0.25) is 5.13 Å². The zero-order chi connectivity index (χ0) is 23.4. The number of hydrogen-bond acceptors (Lipinski definition) is 9. The summed E-state index contributed by atoms with van der Waals surface area (Å²) in [4.78, 5) is 19.4. The van der Waals surface area contributed by atoms with Crippen LogP contribution in [0.1, 0.15) is 34.4 Å². The van der Waals surface area contributed by atoms with Gasteiger partial charge in [0.25, 0.3) is 0 Å². The van der Waals surface area contributed by atoms with Gasteiger partial charge in [0.05, 0.1) is 43.5 Å². The first-order chi connectivity index (χ1) is 16.0. The second-order valence-corrected chi connectivity index (χ2v) is 8.32. The lowest BCUT2D eigenvalue weighted by Crippen LogP contribution is -2.21. The van der Waals surface area contributed by atoms with Crippen molar-refractivity contribution in [3.8, 4) is 22.1 Å². The molecule has 1 aromatic carbocycles. The summed E-state index contributed by atoms with van der Waals surface area (Å²) in [7, 11) is 3.58. The number of hydrogen-bond donors (Lipinski definition) is 0. The van der Waals surface area contributed by atoms with Gasteiger partial charge in [-0.3, -0.25) is 4.90 Å². The Hall–Kier alpha value is -3.50. The van der Waals surface area contributed by atoms with Gasteiger partial charge in [0.15, 0.2) is 5.76 Å². The van der Waals surface area contributed by atoms with E-state index in [1.807, 2.05) is 54.6 Å². The van der Waals surface area contributed by atoms with Crippen LogP contribution >= 0.6 is 11.3 Å². The molecule has 0 atom stereocenters. The summed E-state index contributed by atoms with van der Waals surface area (Å²) in [5.41, 5.74) is 3.73. The van der Waals surface area contributed by atoms with Crippen LogP contribution in [0.3, 0.4) is 0 Å². The number of esters is 1. The molecule has 3 aromatic heterocycles. The smallest absolute Gasteiger partial charge is 0.341 e. The molecule has 33 heavy (non-hydrogen) atoms. The first-order valence-corrected chi connectivity index (χ1v) is 11.3. The summed E-state index contributed by atoms with van der Waals surface area (Å²) in [5, 5.41) is 11.0. The second-order valence-electron chi connectivity index (χ2n) is 7.49. The summed E-state index contributed by atoms with van der Waals surface area (Å²) in [6.45, 7) is 4.91. The number of thiazole rings is 1. The van der Waals surface area contributed by atoms with Gasteiger partial charge in [0, 0.05) is 23.6 Å². The number of methoxy groups -OCH3 is 1. The van der Waals surface area contributed by atoms with E-state index in [-0.39, 0.29) is 6.61 Å². The van der Waals surface area contributed by atoms with Crippen molar-refractivity contribution in [2.45, 2.75) is 26.9 Å². The Bertz CT molecular complexity index is 1230. The number of nitrogens with zero attached hydrogens (tertiary/aromatic N) is 5. The summed E-state index contributed by atoms with van der Waals surface area (Å²) >= 11 is 1.45. The van der Waals surface area contributed by atoms with Crippen molar-refractivity contribution in [3.05, 3.63) is 64.6 Å². The number of carbonyl (C=O) groups is 1. The van der Waals surface area contributed by atoms with Crippen LogP contribution in [0.25, 0.3) is 16.4 Å². The molecule has 0 bridgehead atoms. The SMILES string of the molecule is CCOC(=O)c1cnn(-c2nc(-c3ccc(OC)cc3)cs2)c1CN(C)Cc1cc(C)no1. The van der Waals surface area contributed by atoms with E-state index >= 15 is 0 Å². The van der Waals surface area contributed by atoms with E-state index < -0.39 is 5.97 Å². The molecule has 0 aliphatic heterocycles. The first kappa shape index (κ1) is 22.7. The van der Waals surface area contributed by atoms with Gasteiger partial charge < -0.3 is 14.0 Å². The third-order valence-electron chi connectivity index (χ3n) is 4.95. The molecular formula is C23H25N5O4S. The largest absolute Gasteiger partial charge is 0.497 e. The van der Waals surface area contributed by atoms with Crippen LogP contribution < -0.4 is 4.74 Å². The lowest BCUT2D eigenvalue weighted by molar-refractivity contribution is 0.0524. The van der Waals surface area contributed by atoms with Crippen molar-refractivity contribution in [2.24, 2.45) is 0 Å². The number of ether oxygens (including phenoxy) is 2. The molecule has 172 valence electrons. The summed E-state index contributed by atoms with van der Waals surface area (Å²) in [6.07, 6.45) is 1.54. The molecule has 0 amide bonds. The number of aromatic nitrogens is 4. The molecule has 9 nitrogen and oxygen atoms in total. The Morgan fingerprint density at radius 3 is 2.70 bits per heavy atom. The molecule has 0 saturated carbocycles. The fraction of sp³-hybridized carbons (Fsp3) is 0.304. The highest BCUT2D eigenvalue weighted by atomic mass is 32.1. The molecule has 4 rings (SSSR count). The molecule has 0 N–H and O–H groups in total. The highest BCUT2D eigenvalue weighted by Gasteiger charge is 2.23. The Morgan fingerprint density at radius 2 is 2.03 bits per heavy atom. The van der Waals surface area contributed by atoms with Crippen molar-refractivity contribution in [3.63, 3.8) is 0 Å². The van der Waals surface area contributed by atoms with Gasteiger partial charge in [-0.15, -0.1) is 11.3 Å². The van der Waals surface area contributed by atoms with Crippen LogP contribution in [0.15, 0.2) is 46.4 Å². The van der Waals surface area contributed by atoms with E-state index in [9.17, 15) is 4.79 Å². The van der Waals surface area contributed by atoms with Crippen LogP contribution in [0.4, 0.5) is 0 Å². The average Bonchev–Trinajstić information content (AvgIpc) is 3.54. The maximum atomic E-state index is 12.6. The van der Waals surface area contributed by atoms with Crippen molar-refractivity contribution in [2.75, 3.05) is 20.8 Å². The second kappa shape index (κ2) is 9.97. The van der Waals surface area contributed by atoms with Gasteiger partial charge in [-0.25, -0.2) is 14.5 Å². The predicted molar refractivity (Wildman–Crippen MR) is 124 cm³/mol. The number of benzene rings is 1. The Kier molecular flexibility index (Phi) is 6.85. The number of rotatable bonds is 9. The normalized spacial score (nSPS) is 11.2. The lowest BCUT2D eigenvalue weighted by Gasteiger charge is -2.16. The highest BCUT2D eigenvalue weighted by Crippen LogP contribution is 2.27. The Balaban J connectivity index is 1.63. The standard InChI is InChI=1S/C23H25N5O4S/c1-5-31-22(29)19-11-24-28(21(19)13-27(3)12-18-10-15(2)26-32-18)23-25-20(14-33-23)16-6-8-17(30-4)9-7-16/h6-11,14H,5,12-13H2,1-4H3. The highest BCUT2D eigenvalue weighted by molar-refractivity contribution is 7.12. The summed E-state index contributed by atoms with van der Waals surface area (Å²) in [5.74, 6) is 1.12. The van der Waals surface area contributed by atoms with Crippen molar-refractivity contribution < 1.29 is 18.8 Å². The van der Waals surface area contributed by atoms with Crippen molar-refractivity contribution in [1.82, 2.24) is 24.8 Å². The minimum Gasteiger partial charge on any atom is -0.497 e. The van der Waals surface area contributed by atoms with E-state index in [4.69, 9.17) is 19.0 Å². The van der Waals surface area contributed by atoms with Gasteiger partial charge in [-0.1, -0.05) is 5.16 Å². The third-order valence-corrected chi connectivity index (χ3v) is 5.76. The molecule has 3 heterocycles. The quantitative estimate of drug-likeness (QED) is 0.339. The molecular weight excluding hydrogens is 442 g/mol. The number of aryl methyl sites for hydroxylation is 1. The van der Waals surface area contributed by atoms with Crippen molar-refractivity contribution >= 4 is 17.3 Å². The van der Waals surface area contributed by atoms with Gasteiger partial charge >= 0.3 is 5.97 Å². The Morgan fingerprint density at radius 1 is 1.24 bits per heavy atom. The Labute approximate surface area is 195 Å². The van der Waals surface area contributed by atoms with E-state index in [0.29, 0.717) is 29.5 Å². The lowest BCUT2D eigenvalue weighted by atomic mass is 10.2. The molecule has 0 unspecified atom stereocenters. The molecule has 0 aliphatic carbocycles. The van der Waals surface area contributed by atoms with Gasteiger partial charge in [-0.2, -0.15) is 5.10 Å². The molecule has 0 radical (unpaired) electrons. The van der Waals surface area contributed by atoms with E-state index in [1.165, 1.54) is 17.5 Å². The first-order valence-electron chi connectivity index (χ1n) is 10.4. The summed E-state index contributed by atoms with van der Waals surface area (Å²) < 4.78 is 17.5. The fourth-order valence-corrected chi connectivity index (χ4v) is 4.21. The minimum atomic E-state index is -0.408. The van der Waals surface area contributed by atoms with Crippen LogP contribution in [-0.2, 0) is 17.8 Å². The van der Waals surface area contributed by atoms with Crippen LogP contribution in [0, 0.1) is 6.92 Å². The van der Waals surface area contributed by atoms with E-state index in [0.717, 1.165) is 28.5 Å². The van der Waals surface area contributed by atoms with Crippen LogP contribution in [0.5, 0.6) is 5.75 Å². The van der Waals surface area contributed by atoms with Crippen LogP contribution in [0.2, 0.25) is 0 Å². The van der Waals surface area contributed by atoms with E-state index in [2.05, 4.69) is 10.3 Å². The molecule has 0 saturated heterocycles. The zero-order valence-corrected chi connectivity index (χ0v) is 19.8. The minimum absolute atomic E-state index is 0.287. The molecule has 4 aromatic rings. The third kappa shape index (κ3) is 5.12. The van der Waals surface area contributed by atoms with Crippen molar-refractivity contribution in [1.29, 1.82) is 0 Å². The molecule has 0 spiro atoms. The van der Waals surface area contributed by atoms with Gasteiger partial charge in [-0.05, 0) is 45.2 Å². The topological polar surface area (TPSA) is 95.5 Å². The number of carbonyl (C=O) groups excluding carboxylic acids is 1. The van der Waals surface area contributed by atoms with Crippen LogP contribution in [-0.4, -0.2) is 51.6 Å². The predicted octanol–water partition coefficient (Wildman–Crippen LogP) is 4.11. The molecule has 10 heteroatoms. The maximum absolute atomic E-state index is 12.6. The average molecular weight is 468 g/mol.